The molecule has 8 aliphatic rings. The van der Waals surface area contributed by atoms with E-state index in [1.165, 1.54) is 5.57 Å². The third-order valence-corrected chi connectivity index (χ3v) is 19.5. The van der Waals surface area contributed by atoms with Crippen molar-refractivity contribution in [2.75, 3.05) is 26.4 Å². The van der Waals surface area contributed by atoms with Crippen LogP contribution < -0.4 is 0 Å². The summed E-state index contributed by atoms with van der Waals surface area (Å²) in [4.78, 5) is 14.7. The molecule has 0 aromatic carbocycles. The predicted molar refractivity (Wildman–Crippen MR) is 232 cm³/mol. The van der Waals surface area contributed by atoms with Gasteiger partial charge in [0.25, 0.3) is 0 Å². The standard InChI is InChI=1S/C48H78O19/c1-43(2)13-15-48(42(61)67-40-36(59)34(57)31(54)25(19-50)63-40)16-14-46(5)22(23(48)17-43)7-8-28-44(3)11-10-29(45(4,21-52)27(44)9-12-47(28,46)6)65-41-37(60)38(32(55)26(20-51)64-41)66-39-35(58)33(56)30(53)24(18-49)62-39/h7,23-41,49-60H,8-21H2,1-6H3/t23-,24+,25+,26+,27+,28+,29-,30+,31+,32+,33-,34-,35+,36+,37+,38-,39-,40-,41-,44-,45-,46+,47+,48-/m0/s1. The molecule has 5 aliphatic carbocycles. The van der Waals surface area contributed by atoms with Crippen molar-refractivity contribution < 1.29 is 94.5 Å². The Kier molecular flexibility index (Phi) is 14.4. The molecular weight excluding hydrogens is 881 g/mol. The first kappa shape index (κ1) is 51.9. The quantitative estimate of drug-likeness (QED) is 0.0718. The van der Waals surface area contributed by atoms with Crippen LogP contribution in [0, 0.1) is 50.2 Å². The monoisotopic (exact) mass is 959 g/mol. The van der Waals surface area contributed by atoms with Gasteiger partial charge in [0, 0.05) is 5.41 Å². The predicted octanol–water partition coefficient (Wildman–Crippen LogP) is -0.887. The average Bonchev–Trinajstić information content (AvgIpc) is 3.29. The van der Waals surface area contributed by atoms with Gasteiger partial charge in [0.05, 0.1) is 37.9 Å². The van der Waals surface area contributed by atoms with Gasteiger partial charge < -0.3 is 89.7 Å². The highest BCUT2D eigenvalue weighted by Crippen LogP contribution is 2.76. The summed E-state index contributed by atoms with van der Waals surface area (Å²) >= 11 is 0. The van der Waals surface area contributed by atoms with Crippen LogP contribution in [0.15, 0.2) is 11.6 Å². The molecule has 24 atom stereocenters. The second kappa shape index (κ2) is 18.5. The summed E-state index contributed by atoms with van der Waals surface area (Å²) < 4.78 is 35.6. The van der Waals surface area contributed by atoms with Crippen LogP contribution in [-0.4, -0.2) is 192 Å². The van der Waals surface area contributed by atoms with Crippen molar-refractivity contribution in [3.8, 4) is 0 Å². The first-order chi connectivity index (χ1) is 31.4. The van der Waals surface area contributed by atoms with E-state index in [0.29, 0.717) is 32.1 Å². The molecule has 12 N–H and O–H groups in total. The summed E-state index contributed by atoms with van der Waals surface area (Å²) in [7, 11) is 0. The van der Waals surface area contributed by atoms with Crippen LogP contribution in [0.4, 0.5) is 0 Å². The van der Waals surface area contributed by atoms with Crippen LogP contribution in [0.3, 0.4) is 0 Å². The van der Waals surface area contributed by atoms with Gasteiger partial charge in [0.1, 0.15) is 73.2 Å². The second-order valence-electron chi connectivity index (χ2n) is 23.3. The molecule has 4 saturated carbocycles. The Morgan fingerprint density at radius 2 is 1.16 bits per heavy atom. The zero-order valence-corrected chi connectivity index (χ0v) is 39.7. The summed E-state index contributed by atoms with van der Waals surface area (Å²) in [5.74, 6) is -0.601. The molecule has 8 rings (SSSR count). The molecule has 0 amide bonds. The smallest absolute Gasteiger partial charge is 0.315 e. The fraction of sp³-hybridized carbons (Fsp3) is 0.938. The fourth-order valence-electron chi connectivity index (χ4n) is 15.1. The highest BCUT2D eigenvalue weighted by molar-refractivity contribution is 5.79. The van der Waals surface area contributed by atoms with E-state index in [4.69, 9.17) is 28.4 Å². The first-order valence-electron chi connectivity index (χ1n) is 24.5. The maximum absolute atomic E-state index is 14.7. The number of rotatable bonds is 10. The number of fused-ring (bicyclic) bond motifs is 7. The Hall–Kier alpha value is -1.47. The van der Waals surface area contributed by atoms with E-state index in [1.807, 2.05) is 6.92 Å². The van der Waals surface area contributed by atoms with Crippen molar-refractivity contribution in [2.45, 2.75) is 204 Å². The Bertz CT molecular complexity index is 1810. The average molecular weight is 959 g/mol. The lowest BCUT2D eigenvalue weighted by Crippen LogP contribution is -2.67. The molecule has 384 valence electrons. The van der Waals surface area contributed by atoms with Crippen LogP contribution in [0.1, 0.15) is 106 Å². The van der Waals surface area contributed by atoms with Crippen molar-refractivity contribution in [3.05, 3.63) is 11.6 Å². The molecule has 3 heterocycles. The number of hydrogen-bond donors (Lipinski definition) is 12. The molecule has 3 aliphatic heterocycles. The number of carbonyl (C=O) groups excluding carboxylic acids is 1. The van der Waals surface area contributed by atoms with Crippen LogP contribution in [-0.2, 0) is 33.2 Å². The lowest BCUT2D eigenvalue weighted by atomic mass is 9.33. The van der Waals surface area contributed by atoms with Crippen molar-refractivity contribution in [1.82, 2.24) is 0 Å². The zero-order valence-electron chi connectivity index (χ0n) is 39.7. The Morgan fingerprint density at radius 1 is 0.612 bits per heavy atom. The van der Waals surface area contributed by atoms with Crippen molar-refractivity contribution in [2.24, 2.45) is 50.2 Å². The highest BCUT2D eigenvalue weighted by Gasteiger charge is 2.70. The number of ether oxygens (including phenoxy) is 6. The molecule has 0 unspecified atom stereocenters. The highest BCUT2D eigenvalue weighted by atomic mass is 16.7. The number of carbonyl (C=O) groups is 1. The van der Waals surface area contributed by atoms with Crippen molar-refractivity contribution in [1.29, 1.82) is 0 Å². The van der Waals surface area contributed by atoms with Gasteiger partial charge in [-0.1, -0.05) is 53.2 Å². The third-order valence-electron chi connectivity index (χ3n) is 19.5. The van der Waals surface area contributed by atoms with E-state index in [1.54, 1.807) is 0 Å². The first-order valence-corrected chi connectivity index (χ1v) is 24.5. The fourth-order valence-corrected chi connectivity index (χ4v) is 15.1. The topological polar surface area (TPSA) is 315 Å². The van der Waals surface area contributed by atoms with E-state index in [-0.39, 0.29) is 46.0 Å². The lowest BCUT2D eigenvalue weighted by molar-refractivity contribution is -0.370. The molecule has 7 fully saturated rings. The number of esters is 1. The lowest BCUT2D eigenvalue weighted by Gasteiger charge is -2.71. The summed E-state index contributed by atoms with van der Waals surface area (Å²) in [5, 5.41) is 127. The number of hydrogen-bond acceptors (Lipinski definition) is 19. The minimum Gasteiger partial charge on any atom is -0.432 e. The molecule has 0 radical (unpaired) electrons. The second-order valence-corrected chi connectivity index (χ2v) is 23.3. The molecule has 0 spiro atoms. The maximum Gasteiger partial charge on any atom is 0.315 e. The minimum absolute atomic E-state index is 0.0636. The molecular formula is C48H78O19. The Balaban J connectivity index is 1.04. The normalized spacial score (nSPS) is 54.1. The van der Waals surface area contributed by atoms with Gasteiger partial charge in [-0.05, 0) is 104 Å². The van der Waals surface area contributed by atoms with E-state index >= 15 is 0 Å². The van der Waals surface area contributed by atoms with Gasteiger partial charge in [-0.3, -0.25) is 4.79 Å². The third kappa shape index (κ3) is 8.10. The van der Waals surface area contributed by atoms with Crippen LogP contribution >= 0.6 is 0 Å². The summed E-state index contributed by atoms with van der Waals surface area (Å²) in [6, 6.07) is 0. The molecule has 0 aromatic heterocycles. The minimum atomic E-state index is -1.82. The van der Waals surface area contributed by atoms with Gasteiger partial charge in [0.2, 0.25) is 6.29 Å². The Labute approximate surface area is 392 Å². The molecule has 0 aromatic rings. The molecule has 67 heavy (non-hydrogen) atoms. The van der Waals surface area contributed by atoms with E-state index in [0.717, 1.165) is 32.1 Å². The van der Waals surface area contributed by atoms with Gasteiger partial charge in [0.15, 0.2) is 12.6 Å². The number of aliphatic hydroxyl groups is 12. The van der Waals surface area contributed by atoms with E-state index < -0.39 is 135 Å². The zero-order chi connectivity index (χ0) is 49.0. The van der Waals surface area contributed by atoms with Gasteiger partial charge in [-0.25, -0.2) is 0 Å². The Morgan fingerprint density at radius 3 is 1.76 bits per heavy atom. The summed E-state index contributed by atoms with van der Waals surface area (Å²) in [6.45, 7) is 11.2. The van der Waals surface area contributed by atoms with Crippen LogP contribution in [0.25, 0.3) is 0 Å². The maximum atomic E-state index is 14.7. The van der Waals surface area contributed by atoms with Crippen molar-refractivity contribution >= 4 is 5.97 Å². The van der Waals surface area contributed by atoms with Gasteiger partial charge in [-0.15, -0.1) is 0 Å². The van der Waals surface area contributed by atoms with E-state index in [2.05, 4.69) is 40.7 Å². The largest absolute Gasteiger partial charge is 0.432 e. The van der Waals surface area contributed by atoms with Crippen LogP contribution in [0.2, 0.25) is 0 Å². The molecule has 19 nitrogen and oxygen atoms in total. The molecule has 0 bridgehead atoms. The number of allylic oxidation sites excluding steroid dienone is 2. The molecule has 3 saturated heterocycles. The summed E-state index contributed by atoms with van der Waals surface area (Å²) in [5.41, 5.74) is -1.49. The van der Waals surface area contributed by atoms with Gasteiger partial charge in [-0.2, -0.15) is 0 Å². The SMILES string of the molecule is CC1(C)CC[C@]2(C(=O)O[C@@H]3O[C@H](CO)[C@@H](O)[C@H](O)[C@H]3O)CC[C@]3(C)C(=CC[C@@H]4[C@@]5(C)CC[C@H](O[C@@H]6O[C@H](CO)[C@@H](O)[C@H](O[C@@H]7O[C@H](CO)[C@@H](O)[C@H](O)[C@H]7O)[C@H]6O)[C@@](C)(CO)[C@@H]5CC[C@]43C)[C@@H]2C1. The summed E-state index contributed by atoms with van der Waals surface area (Å²) in [6.07, 6.45) is -15.3. The van der Waals surface area contributed by atoms with Gasteiger partial charge >= 0.3 is 5.97 Å². The molecule has 19 heteroatoms. The number of aliphatic hydroxyl groups excluding tert-OH is 12. The van der Waals surface area contributed by atoms with Crippen molar-refractivity contribution in [3.63, 3.8) is 0 Å². The van der Waals surface area contributed by atoms with E-state index in [9.17, 15) is 66.1 Å². The van der Waals surface area contributed by atoms with Crippen LogP contribution in [0.5, 0.6) is 0 Å².